The molecule has 0 radical (unpaired) electrons. The molecule has 3 aromatic rings. The third-order valence-electron chi connectivity index (χ3n) is 7.25. The fourth-order valence-corrected chi connectivity index (χ4v) is 6.33. The minimum absolute atomic E-state index is 0.0824. The normalized spacial score (nSPS) is 11.7. The number of methoxy groups -OCH3 is 4. The van der Waals surface area contributed by atoms with Crippen molar-refractivity contribution in [2.24, 2.45) is 0 Å². The summed E-state index contributed by atoms with van der Waals surface area (Å²) < 4.78 is 51.4. The van der Waals surface area contributed by atoms with Gasteiger partial charge in [0, 0.05) is 25.2 Å². The van der Waals surface area contributed by atoms with E-state index in [4.69, 9.17) is 18.9 Å². The Morgan fingerprint density at radius 1 is 0.844 bits per heavy atom. The highest BCUT2D eigenvalue weighted by molar-refractivity contribution is 7.92. The number of benzene rings is 3. The summed E-state index contributed by atoms with van der Waals surface area (Å²) in [6, 6.07) is 15.6. The molecule has 3 aromatic carbocycles. The molecule has 0 aliphatic heterocycles. The van der Waals surface area contributed by atoms with Crippen LogP contribution >= 0.6 is 0 Å². The van der Waals surface area contributed by atoms with E-state index in [9.17, 15) is 18.0 Å². The van der Waals surface area contributed by atoms with Crippen LogP contribution in [0.3, 0.4) is 0 Å². The van der Waals surface area contributed by atoms with Crippen molar-refractivity contribution >= 4 is 27.5 Å². The molecule has 0 aromatic heterocycles. The van der Waals surface area contributed by atoms with E-state index in [1.807, 2.05) is 45.0 Å². The monoisotopic (exact) mass is 641 g/mol. The summed E-state index contributed by atoms with van der Waals surface area (Å²) >= 11 is 0. The van der Waals surface area contributed by atoms with Crippen molar-refractivity contribution in [1.82, 2.24) is 10.2 Å². The number of anilines is 1. The van der Waals surface area contributed by atoms with E-state index in [-0.39, 0.29) is 34.5 Å². The summed E-state index contributed by atoms with van der Waals surface area (Å²) in [5.74, 6) is 0.198. The van der Waals surface area contributed by atoms with Gasteiger partial charge in [-0.3, -0.25) is 13.9 Å². The zero-order valence-electron chi connectivity index (χ0n) is 27.0. The minimum atomic E-state index is -4.43. The van der Waals surface area contributed by atoms with Crippen molar-refractivity contribution in [3.8, 4) is 23.0 Å². The molecule has 0 bridgehead atoms. The zero-order chi connectivity index (χ0) is 33.1. The fourth-order valence-electron chi connectivity index (χ4n) is 4.90. The van der Waals surface area contributed by atoms with Gasteiger partial charge in [-0.05, 0) is 49.6 Å². The van der Waals surface area contributed by atoms with E-state index >= 15 is 0 Å². The van der Waals surface area contributed by atoms with Crippen LogP contribution in [0.15, 0.2) is 65.6 Å². The molecule has 0 heterocycles. The van der Waals surface area contributed by atoms with Crippen molar-refractivity contribution in [1.29, 1.82) is 0 Å². The molecule has 45 heavy (non-hydrogen) atoms. The average molecular weight is 642 g/mol. The number of carbonyl (C=O) groups excluding carboxylic acids is 2. The van der Waals surface area contributed by atoms with Crippen LogP contribution in [0.1, 0.15) is 37.8 Å². The second-order valence-electron chi connectivity index (χ2n) is 10.3. The molecule has 11 nitrogen and oxygen atoms in total. The molecule has 244 valence electrons. The lowest BCUT2D eigenvalue weighted by molar-refractivity contribution is -0.140. The van der Waals surface area contributed by atoms with Crippen LogP contribution in [0.5, 0.6) is 23.0 Å². The number of amides is 2. The van der Waals surface area contributed by atoms with E-state index in [2.05, 4.69) is 5.32 Å². The molecule has 3 rings (SSSR count). The Morgan fingerprint density at radius 2 is 1.53 bits per heavy atom. The summed E-state index contributed by atoms with van der Waals surface area (Å²) in [5, 5.41) is 2.89. The average Bonchev–Trinajstić information content (AvgIpc) is 3.05. The van der Waals surface area contributed by atoms with Crippen molar-refractivity contribution in [3.05, 3.63) is 71.8 Å². The van der Waals surface area contributed by atoms with Gasteiger partial charge in [0.05, 0.1) is 39.0 Å². The Bertz CT molecular complexity index is 1580. The minimum Gasteiger partial charge on any atom is -0.497 e. The predicted molar refractivity (Wildman–Crippen MR) is 173 cm³/mol. The molecule has 0 spiro atoms. The highest BCUT2D eigenvalue weighted by Gasteiger charge is 2.35. The first-order valence-corrected chi connectivity index (χ1v) is 16.1. The van der Waals surface area contributed by atoms with Crippen molar-refractivity contribution in [2.75, 3.05) is 45.8 Å². The Balaban J connectivity index is 2.19. The Hall–Kier alpha value is -4.45. The van der Waals surface area contributed by atoms with Crippen LogP contribution < -0.4 is 28.6 Å². The summed E-state index contributed by atoms with van der Waals surface area (Å²) in [5.41, 5.74) is 1.87. The van der Waals surface area contributed by atoms with Crippen LogP contribution in [0, 0.1) is 6.92 Å². The van der Waals surface area contributed by atoms with Gasteiger partial charge >= 0.3 is 0 Å². The highest BCUT2D eigenvalue weighted by Crippen LogP contribution is 2.38. The molecular weight excluding hydrogens is 598 g/mol. The van der Waals surface area contributed by atoms with Gasteiger partial charge < -0.3 is 29.2 Å². The molecule has 0 saturated carbocycles. The topological polar surface area (TPSA) is 124 Å². The number of aryl methyl sites for hydroxylation is 1. The maximum Gasteiger partial charge on any atom is 0.265 e. The fraction of sp³-hybridized carbons (Fsp3) is 0.394. The number of carbonyl (C=O) groups is 2. The molecule has 1 atom stereocenters. The van der Waals surface area contributed by atoms with Crippen LogP contribution in [-0.4, -0.2) is 72.7 Å². The van der Waals surface area contributed by atoms with Crippen molar-refractivity contribution in [3.63, 3.8) is 0 Å². The van der Waals surface area contributed by atoms with E-state index in [1.165, 1.54) is 57.6 Å². The maximum absolute atomic E-state index is 14.4. The van der Waals surface area contributed by atoms with Crippen LogP contribution in [0.25, 0.3) is 0 Å². The molecule has 0 aliphatic carbocycles. The lowest BCUT2D eigenvalue weighted by atomic mass is 10.1. The largest absolute Gasteiger partial charge is 0.497 e. The first-order chi connectivity index (χ1) is 21.5. The first-order valence-electron chi connectivity index (χ1n) is 14.6. The number of hydrogen-bond acceptors (Lipinski definition) is 8. The summed E-state index contributed by atoms with van der Waals surface area (Å²) in [6.07, 6.45) is 1.04. The van der Waals surface area contributed by atoms with Gasteiger partial charge in [-0.25, -0.2) is 8.42 Å². The van der Waals surface area contributed by atoms with Crippen molar-refractivity contribution < 1.29 is 37.0 Å². The molecule has 0 aliphatic rings. The third kappa shape index (κ3) is 8.39. The van der Waals surface area contributed by atoms with Crippen LogP contribution in [-0.2, 0) is 26.2 Å². The number of ether oxygens (including phenoxy) is 4. The molecule has 2 amide bonds. The molecule has 0 unspecified atom stereocenters. The summed E-state index contributed by atoms with van der Waals surface area (Å²) in [7, 11) is 1.28. The summed E-state index contributed by atoms with van der Waals surface area (Å²) in [4.78, 5) is 29.0. The number of hydrogen-bond donors (Lipinski definition) is 1. The number of sulfonamides is 1. The molecular formula is C33H43N3O8S. The van der Waals surface area contributed by atoms with Gasteiger partial charge in [0.1, 0.15) is 24.1 Å². The first kappa shape index (κ1) is 35.0. The second-order valence-corrected chi connectivity index (χ2v) is 12.2. The molecule has 0 saturated heterocycles. The van der Waals surface area contributed by atoms with Crippen molar-refractivity contribution in [2.45, 2.75) is 51.1 Å². The van der Waals surface area contributed by atoms with Gasteiger partial charge in [0.2, 0.25) is 11.8 Å². The van der Waals surface area contributed by atoms with E-state index < -0.39 is 28.5 Å². The standard InChI is InChI=1S/C33H43N3O8S/c1-8-17-34-33(38)27(9-2)35(21-24-12-10-11-23(3)18-24)32(37)22-36(28-19-25(41-4)13-15-29(28)42-5)45(39,40)26-14-16-30(43-6)31(20-26)44-7/h10-16,18-20,27H,8-9,17,21-22H2,1-7H3,(H,34,38)/t27-/m1/s1. The smallest absolute Gasteiger partial charge is 0.265 e. The number of nitrogens with one attached hydrogen (secondary N) is 1. The Labute approximate surface area is 266 Å². The molecule has 12 heteroatoms. The van der Waals surface area contributed by atoms with E-state index in [0.717, 1.165) is 21.9 Å². The van der Waals surface area contributed by atoms with E-state index in [0.29, 0.717) is 24.5 Å². The third-order valence-corrected chi connectivity index (χ3v) is 9.00. The second kappa shape index (κ2) is 16.0. The van der Waals surface area contributed by atoms with Gasteiger partial charge in [-0.2, -0.15) is 0 Å². The maximum atomic E-state index is 14.4. The quantitative estimate of drug-likeness (QED) is 0.242. The van der Waals surface area contributed by atoms with Gasteiger partial charge in [-0.1, -0.05) is 43.7 Å². The predicted octanol–water partition coefficient (Wildman–Crippen LogP) is 4.56. The van der Waals surface area contributed by atoms with Crippen LogP contribution in [0.2, 0.25) is 0 Å². The lowest BCUT2D eigenvalue weighted by Gasteiger charge is -2.33. The van der Waals surface area contributed by atoms with Gasteiger partial charge in [0.25, 0.3) is 10.0 Å². The lowest BCUT2D eigenvalue weighted by Crippen LogP contribution is -2.52. The molecule has 1 N–H and O–H groups in total. The van der Waals surface area contributed by atoms with Gasteiger partial charge in [0.15, 0.2) is 11.5 Å². The van der Waals surface area contributed by atoms with E-state index in [1.54, 1.807) is 12.1 Å². The SMILES string of the molecule is CCCNC(=O)[C@@H](CC)N(Cc1cccc(C)c1)C(=O)CN(c1cc(OC)ccc1OC)S(=O)(=O)c1ccc(OC)c(OC)c1. The zero-order valence-corrected chi connectivity index (χ0v) is 27.8. The number of nitrogens with zero attached hydrogens (tertiary/aromatic N) is 2. The van der Waals surface area contributed by atoms with Crippen LogP contribution in [0.4, 0.5) is 5.69 Å². The Kier molecular flexibility index (Phi) is 12.5. The van der Waals surface area contributed by atoms with Gasteiger partial charge in [-0.15, -0.1) is 0 Å². The molecule has 0 fully saturated rings. The number of rotatable bonds is 16. The Morgan fingerprint density at radius 3 is 2.13 bits per heavy atom. The highest BCUT2D eigenvalue weighted by atomic mass is 32.2. The summed E-state index contributed by atoms with van der Waals surface area (Å²) in [6.45, 7) is 5.60.